The van der Waals surface area contributed by atoms with Crippen LogP contribution in [0.4, 0.5) is 10.2 Å². The van der Waals surface area contributed by atoms with E-state index >= 15 is 0 Å². The van der Waals surface area contributed by atoms with Crippen LogP contribution < -0.4 is 16.1 Å². The molecule has 2 aromatic rings. The fourth-order valence-electron chi connectivity index (χ4n) is 3.39. The summed E-state index contributed by atoms with van der Waals surface area (Å²) in [5.74, 6) is -1.73. The van der Waals surface area contributed by atoms with E-state index in [0.29, 0.717) is 12.2 Å². The van der Waals surface area contributed by atoms with Gasteiger partial charge in [0, 0.05) is 36.4 Å². The number of rotatable bonds is 3. The lowest BCUT2D eigenvalue weighted by Gasteiger charge is -2.45. The van der Waals surface area contributed by atoms with Gasteiger partial charge in [0.2, 0.25) is 5.43 Å². The SMILES string of the molecule is Cc1c(F)c(N2C[C@@H](N)[C@@H]2C)nc2c1c(=O)c(C(=O)O)cn2C1CC1. The molecule has 1 aliphatic carbocycles. The van der Waals surface area contributed by atoms with Gasteiger partial charge in [0.15, 0.2) is 11.6 Å². The van der Waals surface area contributed by atoms with E-state index in [1.807, 2.05) is 6.92 Å². The van der Waals surface area contributed by atoms with E-state index in [-0.39, 0.29) is 40.5 Å². The molecule has 1 saturated carbocycles. The highest BCUT2D eigenvalue weighted by Crippen LogP contribution is 2.38. The van der Waals surface area contributed by atoms with E-state index in [2.05, 4.69) is 4.98 Å². The largest absolute Gasteiger partial charge is 0.477 e. The average molecular weight is 346 g/mol. The lowest BCUT2D eigenvalue weighted by Crippen LogP contribution is -2.63. The molecular weight excluding hydrogens is 327 g/mol. The number of aromatic nitrogens is 2. The van der Waals surface area contributed by atoms with Gasteiger partial charge in [0.25, 0.3) is 0 Å². The van der Waals surface area contributed by atoms with Crippen molar-refractivity contribution >= 4 is 22.8 Å². The molecular formula is C17H19FN4O3. The van der Waals surface area contributed by atoms with E-state index in [1.165, 1.54) is 13.1 Å². The molecule has 0 radical (unpaired) electrons. The Morgan fingerprint density at radius 1 is 1.44 bits per heavy atom. The lowest BCUT2D eigenvalue weighted by molar-refractivity contribution is 0.0695. The lowest BCUT2D eigenvalue weighted by atomic mass is 9.98. The van der Waals surface area contributed by atoms with Crippen LogP contribution in [0.3, 0.4) is 0 Å². The second-order valence-corrected chi connectivity index (χ2v) is 6.95. The predicted octanol–water partition coefficient (Wildman–Crippen LogP) is 1.41. The molecule has 3 N–H and O–H groups in total. The Balaban J connectivity index is 2.03. The van der Waals surface area contributed by atoms with Crippen molar-refractivity contribution in [3.63, 3.8) is 0 Å². The highest BCUT2D eigenvalue weighted by atomic mass is 19.1. The van der Waals surface area contributed by atoms with Gasteiger partial charge in [-0.3, -0.25) is 4.79 Å². The third-order valence-electron chi connectivity index (χ3n) is 5.28. The van der Waals surface area contributed by atoms with Crippen LogP contribution in [0.15, 0.2) is 11.0 Å². The molecule has 2 aliphatic rings. The van der Waals surface area contributed by atoms with Crippen molar-refractivity contribution in [3.8, 4) is 0 Å². The zero-order valence-corrected chi connectivity index (χ0v) is 14.0. The molecule has 2 atom stereocenters. The molecule has 0 unspecified atom stereocenters. The maximum atomic E-state index is 14.9. The Labute approximate surface area is 142 Å². The Hall–Kier alpha value is -2.48. The topological polar surface area (TPSA) is 101 Å². The summed E-state index contributed by atoms with van der Waals surface area (Å²) < 4.78 is 16.6. The Morgan fingerprint density at radius 3 is 2.64 bits per heavy atom. The van der Waals surface area contributed by atoms with Gasteiger partial charge in [-0.1, -0.05) is 0 Å². The van der Waals surface area contributed by atoms with Crippen molar-refractivity contribution in [1.29, 1.82) is 0 Å². The molecule has 3 heterocycles. The summed E-state index contributed by atoms with van der Waals surface area (Å²) in [5.41, 5.74) is 5.34. The molecule has 0 spiro atoms. The fraction of sp³-hybridized carbons (Fsp3) is 0.471. The Morgan fingerprint density at radius 2 is 2.12 bits per heavy atom. The van der Waals surface area contributed by atoms with E-state index in [0.717, 1.165) is 12.8 Å². The van der Waals surface area contributed by atoms with Crippen LogP contribution in [0, 0.1) is 12.7 Å². The minimum atomic E-state index is -1.31. The second kappa shape index (κ2) is 5.26. The number of hydrogen-bond donors (Lipinski definition) is 2. The molecule has 2 aromatic heterocycles. The number of carboxylic acid groups (broad SMARTS) is 1. The smallest absolute Gasteiger partial charge is 0.341 e. The van der Waals surface area contributed by atoms with Crippen molar-refractivity contribution in [2.75, 3.05) is 11.4 Å². The highest BCUT2D eigenvalue weighted by Gasteiger charge is 2.37. The molecule has 0 amide bonds. The van der Waals surface area contributed by atoms with Gasteiger partial charge in [0.05, 0.1) is 5.39 Å². The van der Waals surface area contributed by atoms with Crippen LogP contribution >= 0.6 is 0 Å². The van der Waals surface area contributed by atoms with Gasteiger partial charge in [-0.15, -0.1) is 0 Å². The number of halogens is 1. The standard InChI is InChI=1S/C17H19FN4O3/c1-7-12-14(23)10(17(24)25)5-22(9-3-4-9)15(12)20-16(13(7)18)21-6-11(19)8(21)2/h5,8-9,11H,3-4,6,19H2,1-2H3,(H,24,25)/t8-,11+/m0/s1. The van der Waals surface area contributed by atoms with Crippen molar-refractivity contribution < 1.29 is 14.3 Å². The summed E-state index contributed by atoms with van der Waals surface area (Å²) in [6, 6.07) is 0.0120. The van der Waals surface area contributed by atoms with E-state index in [4.69, 9.17) is 5.73 Å². The summed E-state index contributed by atoms with van der Waals surface area (Å²) in [5, 5.41) is 9.36. The summed E-state index contributed by atoms with van der Waals surface area (Å²) in [4.78, 5) is 30.2. The van der Waals surface area contributed by atoms with Gasteiger partial charge >= 0.3 is 5.97 Å². The second-order valence-electron chi connectivity index (χ2n) is 6.95. The van der Waals surface area contributed by atoms with Crippen LogP contribution in [0.5, 0.6) is 0 Å². The van der Waals surface area contributed by atoms with E-state index in [9.17, 15) is 19.1 Å². The molecule has 1 aliphatic heterocycles. The Bertz CT molecular complexity index is 967. The number of nitrogens with two attached hydrogens (primary N) is 1. The monoisotopic (exact) mass is 346 g/mol. The molecule has 8 heteroatoms. The van der Waals surface area contributed by atoms with Crippen molar-refractivity contribution in [1.82, 2.24) is 9.55 Å². The van der Waals surface area contributed by atoms with Crippen LogP contribution in [-0.2, 0) is 0 Å². The predicted molar refractivity (Wildman–Crippen MR) is 90.7 cm³/mol. The number of anilines is 1. The molecule has 25 heavy (non-hydrogen) atoms. The third kappa shape index (κ3) is 2.24. The minimum Gasteiger partial charge on any atom is -0.477 e. The number of fused-ring (bicyclic) bond motifs is 1. The number of hydrogen-bond acceptors (Lipinski definition) is 5. The normalized spacial score (nSPS) is 23.0. The third-order valence-corrected chi connectivity index (χ3v) is 5.28. The summed E-state index contributed by atoms with van der Waals surface area (Å²) in [7, 11) is 0. The van der Waals surface area contributed by atoms with Gasteiger partial charge in [-0.2, -0.15) is 0 Å². The van der Waals surface area contributed by atoms with Gasteiger partial charge in [-0.05, 0) is 26.7 Å². The summed E-state index contributed by atoms with van der Waals surface area (Å²) in [6.07, 6.45) is 3.11. The highest BCUT2D eigenvalue weighted by molar-refractivity contribution is 5.93. The summed E-state index contributed by atoms with van der Waals surface area (Å²) in [6.45, 7) is 3.89. The maximum absolute atomic E-state index is 14.9. The molecule has 1 saturated heterocycles. The van der Waals surface area contributed by atoms with Crippen LogP contribution in [-0.4, -0.2) is 39.3 Å². The van der Waals surface area contributed by atoms with E-state index < -0.39 is 17.2 Å². The number of nitrogens with zero attached hydrogens (tertiary/aromatic N) is 3. The van der Waals surface area contributed by atoms with E-state index in [1.54, 1.807) is 9.47 Å². The molecule has 0 aromatic carbocycles. The number of carboxylic acids is 1. The average Bonchev–Trinajstić information content (AvgIpc) is 3.40. The van der Waals surface area contributed by atoms with Gasteiger partial charge in [-0.25, -0.2) is 14.2 Å². The molecule has 2 fully saturated rings. The zero-order chi connectivity index (χ0) is 18.0. The van der Waals surface area contributed by atoms with Crippen LogP contribution in [0.2, 0.25) is 0 Å². The number of aryl methyl sites for hydroxylation is 1. The minimum absolute atomic E-state index is 0.0433. The maximum Gasteiger partial charge on any atom is 0.341 e. The molecule has 0 bridgehead atoms. The number of carbonyl (C=O) groups is 1. The van der Waals surface area contributed by atoms with Crippen LogP contribution in [0.25, 0.3) is 11.0 Å². The van der Waals surface area contributed by atoms with Gasteiger partial charge < -0.3 is 20.3 Å². The fourth-order valence-corrected chi connectivity index (χ4v) is 3.39. The van der Waals surface area contributed by atoms with Crippen molar-refractivity contribution in [2.24, 2.45) is 5.73 Å². The number of pyridine rings is 2. The first-order chi connectivity index (χ1) is 11.8. The van der Waals surface area contributed by atoms with Crippen molar-refractivity contribution in [2.45, 2.75) is 44.8 Å². The zero-order valence-electron chi connectivity index (χ0n) is 14.0. The number of aromatic carboxylic acids is 1. The van der Waals surface area contributed by atoms with Gasteiger partial charge in [0.1, 0.15) is 11.2 Å². The van der Waals surface area contributed by atoms with Crippen molar-refractivity contribution in [3.05, 3.63) is 33.4 Å². The molecule has 132 valence electrons. The molecule has 4 rings (SSSR count). The molecule has 7 nitrogen and oxygen atoms in total. The quantitative estimate of drug-likeness (QED) is 0.871. The Kier molecular flexibility index (Phi) is 3.37. The first-order valence-corrected chi connectivity index (χ1v) is 8.31. The van der Waals surface area contributed by atoms with Crippen LogP contribution in [0.1, 0.15) is 41.7 Å². The first-order valence-electron chi connectivity index (χ1n) is 8.31. The first kappa shape index (κ1) is 16.0. The summed E-state index contributed by atoms with van der Waals surface area (Å²) >= 11 is 0.